The predicted molar refractivity (Wildman–Crippen MR) is 141 cm³/mol. The van der Waals surface area contributed by atoms with E-state index >= 15 is 0 Å². The molecular formula is C27H33ClN4O2S. The molecule has 1 fully saturated rings. The molecule has 2 heterocycles. The number of thioether (sulfide) groups is 1. The smallest absolute Gasteiger partial charge is 0.220 e. The van der Waals surface area contributed by atoms with Crippen LogP contribution >= 0.6 is 23.4 Å². The fraction of sp³-hybridized carbons (Fsp3) is 0.444. The van der Waals surface area contributed by atoms with Crippen LogP contribution in [0.5, 0.6) is 0 Å². The number of halogens is 1. The van der Waals surface area contributed by atoms with Crippen LogP contribution in [-0.2, 0) is 34.7 Å². The standard InChI is InChI=1S/C27H33ClN4O2S/c28-23-11-6-10-22(18-23)20-35-27-31-30-25(32(27)19-24-12-7-17-34-24)13-4-5-14-26(33)29-16-15-21-8-2-1-3-9-21/h1-3,6,8-11,18,24H,4-5,7,12-17,19-20H2,(H,29,33). The average Bonchev–Trinajstić information content (AvgIpc) is 3.52. The molecule has 1 amide bonds. The summed E-state index contributed by atoms with van der Waals surface area (Å²) in [5.74, 6) is 1.87. The van der Waals surface area contributed by atoms with Crippen LogP contribution in [0.4, 0.5) is 0 Å². The number of aromatic nitrogens is 3. The fourth-order valence-electron chi connectivity index (χ4n) is 4.21. The van der Waals surface area contributed by atoms with Crippen molar-refractivity contribution in [3.8, 4) is 0 Å². The Morgan fingerprint density at radius 1 is 1.09 bits per heavy atom. The van der Waals surface area contributed by atoms with Gasteiger partial charge in [0.15, 0.2) is 5.16 Å². The van der Waals surface area contributed by atoms with Crippen LogP contribution in [0, 0.1) is 0 Å². The first-order valence-corrected chi connectivity index (χ1v) is 13.8. The van der Waals surface area contributed by atoms with E-state index < -0.39 is 0 Å². The van der Waals surface area contributed by atoms with Gasteiger partial charge in [0.05, 0.1) is 12.6 Å². The van der Waals surface area contributed by atoms with Gasteiger partial charge in [0.25, 0.3) is 0 Å². The topological polar surface area (TPSA) is 69.0 Å². The van der Waals surface area contributed by atoms with Gasteiger partial charge in [-0.2, -0.15) is 0 Å². The zero-order valence-corrected chi connectivity index (χ0v) is 21.6. The third-order valence-corrected chi connectivity index (χ3v) is 7.37. The Morgan fingerprint density at radius 3 is 2.74 bits per heavy atom. The highest BCUT2D eigenvalue weighted by atomic mass is 35.5. The Labute approximate surface area is 216 Å². The van der Waals surface area contributed by atoms with Crippen molar-refractivity contribution in [1.82, 2.24) is 20.1 Å². The Kier molecular flexibility index (Phi) is 10.0. The van der Waals surface area contributed by atoms with E-state index in [2.05, 4.69) is 38.3 Å². The van der Waals surface area contributed by atoms with E-state index in [1.807, 2.05) is 36.4 Å². The van der Waals surface area contributed by atoms with E-state index in [1.54, 1.807) is 11.8 Å². The number of carbonyl (C=O) groups excluding carboxylic acids is 1. The Hall–Kier alpha value is -2.35. The maximum absolute atomic E-state index is 12.2. The molecule has 1 saturated heterocycles. The maximum Gasteiger partial charge on any atom is 0.220 e. The molecule has 1 aliphatic heterocycles. The van der Waals surface area contributed by atoms with Crippen molar-refractivity contribution in [2.75, 3.05) is 13.2 Å². The molecule has 0 spiro atoms. The lowest BCUT2D eigenvalue weighted by Gasteiger charge is -2.14. The number of amides is 1. The van der Waals surface area contributed by atoms with Crippen LogP contribution in [0.15, 0.2) is 59.8 Å². The summed E-state index contributed by atoms with van der Waals surface area (Å²) in [6.07, 6.45) is 6.30. The van der Waals surface area contributed by atoms with Gasteiger partial charge in [-0.1, -0.05) is 65.8 Å². The normalized spacial score (nSPS) is 15.4. The van der Waals surface area contributed by atoms with Crippen molar-refractivity contribution in [1.29, 1.82) is 0 Å². The van der Waals surface area contributed by atoms with E-state index in [-0.39, 0.29) is 12.0 Å². The summed E-state index contributed by atoms with van der Waals surface area (Å²) >= 11 is 7.81. The maximum atomic E-state index is 12.2. The molecule has 0 bridgehead atoms. The van der Waals surface area contributed by atoms with Gasteiger partial charge in [-0.3, -0.25) is 4.79 Å². The summed E-state index contributed by atoms with van der Waals surface area (Å²) in [6, 6.07) is 18.1. The molecule has 4 rings (SSSR count). The zero-order valence-electron chi connectivity index (χ0n) is 20.0. The van der Waals surface area contributed by atoms with Crippen LogP contribution < -0.4 is 5.32 Å². The average molecular weight is 513 g/mol. The second-order valence-corrected chi connectivity index (χ2v) is 10.2. The van der Waals surface area contributed by atoms with Crippen LogP contribution in [0.2, 0.25) is 5.02 Å². The molecule has 1 unspecified atom stereocenters. The minimum absolute atomic E-state index is 0.111. The minimum Gasteiger partial charge on any atom is -0.376 e. The first-order chi connectivity index (χ1) is 17.2. The summed E-state index contributed by atoms with van der Waals surface area (Å²) < 4.78 is 8.10. The van der Waals surface area contributed by atoms with Gasteiger partial charge in [-0.05, 0) is 55.4 Å². The van der Waals surface area contributed by atoms with Crippen molar-refractivity contribution in [2.45, 2.75) is 68.5 Å². The highest BCUT2D eigenvalue weighted by Crippen LogP contribution is 2.26. The van der Waals surface area contributed by atoms with Crippen LogP contribution in [0.1, 0.15) is 49.1 Å². The van der Waals surface area contributed by atoms with Crippen molar-refractivity contribution in [3.05, 3.63) is 76.6 Å². The number of nitrogens with one attached hydrogen (secondary N) is 1. The molecule has 6 nitrogen and oxygen atoms in total. The lowest BCUT2D eigenvalue weighted by Crippen LogP contribution is -2.25. The number of aryl methyl sites for hydroxylation is 1. The molecule has 186 valence electrons. The second-order valence-electron chi connectivity index (χ2n) is 8.86. The van der Waals surface area contributed by atoms with Crippen molar-refractivity contribution in [2.24, 2.45) is 0 Å². The van der Waals surface area contributed by atoms with E-state index in [0.717, 1.165) is 79.0 Å². The van der Waals surface area contributed by atoms with Gasteiger partial charge in [0.2, 0.25) is 5.91 Å². The quantitative estimate of drug-likeness (QED) is 0.243. The SMILES string of the molecule is O=C(CCCCc1nnc(SCc2cccc(Cl)c2)n1CC1CCCO1)NCCc1ccccc1. The van der Waals surface area contributed by atoms with E-state index in [9.17, 15) is 4.79 Å². The van der Waals surface area contributed by atoms with Crippen molar-refractivity contribution >= 4 is 29.3 Å². The van der Waals surface area contributed by atoms with E-state index in [4.69, 9.17) is 16.3 Å². The second kappa shape index (κ2) is 13.7. The lowest BCUT2D eigenvalue weighted by atomic mass is 10.1. The van der Waals surface area contributed by atoms with Crippen molar-refractivity contribution in [3.63, 3.8) is 0 Å². The van der Waals surface area contributed by atoms with Gasteiger partial charge in [-0.15, -0.1) is 10.2 Å². The van der Waals surface area contributed by atoms with Gasteiger partial charge >= 0.3 is 0 Å². The van der Waals surface area contributed by atoms with Crippen molar-refractivity contribution < 1.29 is 9.53 Å². The highest BCUT2D eigenvalue weighted by molar-refractivity contribution is 7.98. The number of carbonyl (C=O) groups is 1. The molecule has 1 aliphatic rings. The molecule has 1 atom stereocenters. The third-order valence-electron chi connectivity index (χ3n) is 6.09. The van der Waals surface area contributed by atoms with Gasteiger partial charge < -0.3 is 14.6 Å². The Bertz CT molecular complexity index is 1070. The zero-order chi connectivity index (χ0) is 24.3. The molecule has 0 radical (unpaired) electrons. The van der Waals surface area contributed by atoms with Crippen LogP contribution in [-0.4, -0.2) is 39.9 Å². The molecular weight excluding hydrogens is 480 g/mol. The molecule has 3 aromatic rings. The summed E-state index contributed by atoms with van der Waals surface area (Å²) in [4.78, 5) is 12.2. The highest BCUT2D eigenvalue weighted by Gasteiger charge is 2.21. The van der Waals surface area contributed by atoms with Gasteiger partial charge in [0, 0.05) is 36.8 Å². The van der Waals surface area contributed by atoms with Crippen LogP contribution in [0.25, 0.3) is 0 Å². The number of unbranched alkanes of at least 4 members (excludes halogenated alkanes) is 1. The Balaban J connectivity index is 1.25. The number of rotatable bonds is 13. The van der Waals surface area contributed by atoms with E-state index in [1.165, 1.54) is 5.56 Å². The number of hydrogen-bond acceptors (Lipinski definition) is 5. The summed E-state index contributed by atoms with van der Waals surface area (Å²) in [6.45, 7) is 2.28. The molecule has 2 aromatic carbocycles. The molecule has 8 heteroatoms. The van der Waals surface area contributed by atoms with Gasteiger partial charge in [0.1, 0.15) is 5.82 Å². The summed E-state index contributed by atoms with van der Waals surface area (Å²) in [5, 5.41) is 13.7. The lowest BCUT2D eigenvalue weighted by molar-refractivity contribution is -0.121. The minimum atomic E-state index is 0.111. The Morgan fingerprint density at radius 2 is 1.94 bits per heavy atom. The first kappa shape index (κ1) is 25.7. The number of benzene rings is 2. The molecule has 0 saturated carbocycles. The number of hydrogen-bond donors (Lipinski definition) is 1. The molecule has 1 aromatic heterocycles. The molecule has 0 aliphatic carbocycles. The monoisotopic (exact) mass is 512 g/mol. The van der Waals surface area contributed by atoms with Crippen LogP contribution in [0.3, 0.4) is 0 Å². The predicted octanol–water partition coefficient (Wildman–Crippen LogP) is 5.47. The first-order valence-electron chi connectivity index (χ1n) is 12.4. The number of ether oxygens (including phenoxy) is 1. The summed E-state index contributed by atoms with van der Waals surface area (Å²) in [7, 11) is 0. The van der Waals surface area contributed by atoms with E-state index in [0.29, 0.717) is 13.0 Å². The largest absolute Gasteiger partial charge is 0.376 e. The number of nitrogens with zero attached hydrogens (tertiary/aromatic N) is 3. The third kappa shape index (κ3) is 8.37. The fourth-order valence-corrected chi connectivity index (χ4v) is 5.33. The molecule has 1 N–H and O–H groups in total. The molecule has 35 heavy (non-hydrogen) atoms. The van der Waals surface area contributed by atoms with Gasteiger partial charge in [-0.25, -0.2) is 0 Å². The summed E-state index contributed by atoms with van der Waals surface area (Å²) in [5.41, 5.74) is 2.40.